The first-order valence-electron chi connectivity index (χ1n) is 9.02. The highest BCUT2D eigenvalue weighted by Gasteiger charge is 2.42. The lowest BCUT2D eigenvalue weighted by atomic mass is 9.84. The molecule has 3 aliphatic rings. The van der Waals surface area contributed by atoms with Crippen molar-refractivity contribution in [1.29, 1.82) is 5.26 Å². The van der Waals surface area contributed by atoms with Crippen LogP contribution in [0.4, 0.5) is 0 Å². The first-order valence-corrected chi connectivity index (χ1v) is 9.02. The minimum absolute atomic E-state index is 0.0688. The summed E-state index contributed by atoms with van der Waals surface area (Å²) in [6.07, 6.45) is 7.28. The summed E-state index contributed by atoms with van der Waals surface area (Å²) in [7, 11) is 0. The van der Waals surface area contributed by atoms with Gasteiger partial charge in [0, 0.05) is 25.0 Å². The standard InChI is InChI=1S/C18H29N3O/c1-12(17-10-15-3-4-16(17)9-15)20-18(22)13(2)21-7-5-14(11-19)6-8-21/h12-17H,3-10H2,1-2H3,(H,20,22). The van der Waals surface area contributed by atoms with Crippen LogP contribution in [-0.4, -0.2) is 36.0 Å². The third-order valence-electron chi connectivity index (χ3n) is 6.44. The quantitative estimate of drug-likeness (QED) is 0.868. The summed E-state index contributed by atoms with van der Waals surface area (Å²) in [5, 5.41) is 12.3. The lowest BCUT2D eigenvalue weighted by Gasteiger charge is -2.35. The van der Waals surface area contributed by atoms with Gasteiger partial charge in [0.15, 0.2) is 0 Å². The third-order valence-corrected chi connectivity index (χ3v) is 6.44. The van der Waals surface area contributed by atoms with Gasteiger partial charge in [-0.05, 0) is 63.7 Å². The molecule has 2 aliphatic carbocycles. The summed E-state index contributed by atoms with van der Waals surface area (Å²) >= 11 is 0. The second-order valence-electron chi connectivity index (χ2n) is 7.75. The number of hydrogen-bond donors (Lipinski definition) is 1. The van der Waals surface area contributed by atoms with Gasteiger partial charge in [-0.2, -0.15) is 5.26 Å². The van der Waals surface area contributed by atoms with Crippen molar-refractivity contribution in [2.75, 3.05) is 13.1 Å². The number of rotatable bonds is 4. The van der Waals surface area contributed by atoms with Gasteiger partial charge >= 0.3 is 0 Å². The number of carbonyl (C=O) groups is 1. The van der Waals surface area contributed by atoms with Crippen molar-refractivity contribution in [2.24, 2.45) is 23.7 Å². The Bertz CT molecular complexity index is 450. The Kier molecular flexibility index (Phi) is 4.73. The van der Waals surface area contributed by atoms with Crippen LogP contribution in [0.5, 0.6) is 0 Å². The van der Waals surface area contributed by atoms with Gasteiger partial charge in [0.25, 0.3) is 0 Å². The maximum atomic E-state index is 12.5. The number of nitrogens with one attached hydrogen (secondary N) is 1. The Morgan fingerprint density at radius 1 is 1.18 bits per heavy atom. The fraction of sp³-hybridized carbons (Fsp3) is 0.889. The van der Waals surface area contributed by atoms with Crippen LogP contribution >= 0.6 is 0 Å². The molecule has 4 heteroatoms. The van der Waals surface area contributed by atoms with Gasteiger partial charge in [0.05, 0.1) is 12.1 Å². The largest absolute Gasteiger partial charge is 0.352 e. The van der Waals surface area contributed by atoms with E-state index < -0.39 is 0 Å². The van der Waals surface area contributed by atoms with Crippen LogP contribution in [0, 0.1) is 35.0 Å². The van der Waals surface area contributed by atoms with Crippen LogP contribution in [0.3, 0.4) is 0 Å². The van der Waals surface area contributed by atoms with Crippen molar-refractivity contribution in [2.45, 2.75) is 64.5 Å². The molecule has 1 amide bonds. The Hall–Kier alpha value is -1.08. The van der Waals surface area contributed by atoms with E-state index in [1.54, 1.807) is 0 Å². The van der Waals surface area contributed by atoms with Crippen LogP contribution in [0.15, 0.2) is 0 Å². The monoisotopic (exact) mass is 303 g/mol. The van der Waals surface area contributed by atoms with Gasteiger partial charge in [0.1, 0.15) is 0 Å². The molecule has 4 nitrogen and oxygen atoms in total. The van der Waals surface area contributed by atoms with E-state index in [9.17, 15) is 4.79 Å². The highest BCUT2D eigenvalue weighted by molar-refractivity contribution is 5.81. The van der Waals surface area contributed by atoms with Crippen molar-refractivity contribution >= 4 is 5.91 Å². The fourth-order valence-corrected chi connectivity index (χ4v) is 4.94. The SMILES string of the molecule is CC(NC(=O)C(C)N1CCC(C#N)CC1)C1CC2CCC1C2. The number of fused-ring (bicyclic) bond motifs is 2. The van der Waals surface area contributed by atoms with Crippen molar-refractivity contribution in [1.82, 2.24) is 10.2 Å². The number of nitriles is 1. The Labute approximate surface area is 134 Å². The topological polar surface area (TPSA) is 56.1 Å². The van der Waals surface area contributed by atoms with Crippen molar-refractivity contribution in [3.63, 3.8) is 0 Å². The van der Waals surface area contributed by atoms with E-state index in [4.69, 9.17) is 5.26 Å². The molecule has 3 fully saturated rings. The van der Waals surface area contributed by atoms with Crippen LogP contribution in [0.2, 0.25) is 0 Å². The lowest BCUT2D eigenvalue weighted by Crippen LogP contribution is -2.51. The number of amides is 1. The molecule has 0 aromatic heterocycles. The smallest absolute Gasteiger partial charge is 0.237 e. The molecular weight excluding hydrogens is 274 g/mol. The van der Waals surface area contributed by atoms with Gasteiger partial charge < -0.3 is 5.32 Å². The average molecular weight is 303 g/mol. The molecule has 122 valence electrons. The molecule has 22 heavy (non-hydrogen) atoms. The van der Waals surface area contributed by atoms with Crippen LogP contribution in [-0.2, 0) is 4.79 Å². The number of carbonyl (C=O) groups excluding carboxylic acids is 1. The van der Waals surface area contributed by atoms with Gasteiger partial charge in [-0.1, -0.05) is 6.42 Å². The molecule has 0 spiro atoms. The lowest BCUT2D eigenvalue weighted by molar-refractivity contribution is -0.127. The molecule has 0 aromatic carbocycles. The zero-order chi connectivity index (χ0) is 15.7. The minimum atomic E-state index is -0.0688. The van der Waals surface area contributed by atoms with E-state index in [1.807, 2.05) is 6.92 Å². The first kappa shape index (κ1) is 15.8. The van der Waals surface area contributed by atoms with Crippen molar-refractivity contribution in [3.8, 4) is 6.07 Å². The highest BCUT2D eigenvalue weighted by atomic mass is 16.2. The zero-order valence-electron chi connectivity index (χ0n) is 13.9. The third kappa shape index (κ3) is 3.15. The summed E-state index contributed by atoms with van der Waals surface area (Å²) < 4.78 is 0. The molecule has 0 aromatic rings. The predicted octanol–water partition coefficient (Wildman–Crippen LogP) is 2.55. The van der Waals surface area contributed by atoms with Crippen molar-refractivity contribution < 1.29 is 4.79 Å². The predicted molar refractivity (Wildman–Crippen MR) is 85.9 cm³/mol. The molecule has 0 radical (unpaired) electrons. The Morgan fingerprint density at radius 2 is 1.91 bits per heavy atom. The summed E-state index contributed by atoms with van der Waals surface area (Å²) in [6, 6.07) is 2.59. The summed E-state index contributed by atoms with van der Waals surface area (Å²) in [5.41, 5.74) is 0. The molecule has 1 aliphatic heterocycles. The Morgan fingerprint density at radius 3 is 2.45 bits per heavy atom. The summed E-state index contributed by atoms with van der Waals surface area (Å²) in [4.78, 5) is 14.8. The maximum Gasteiger partial charge on any atom is 0.237 e. The highest BCUT2D eigenvalue weighted by Crippen LogP contribution is 2.49. The van der Waals surface area contributed by atoms with Crippen molar-refractivity contribution in [3.05, 3.63) is 0 Å². The van der Waals surface area contributed by atoms with E-state index >= 15 is 0 Å². The molecule has 2 saturated carbocycles. The van der Waals surface area contributed by atoms with Crippen LogP contribution in [0.1, 0.15) is 52.4 Å². The minimum Gasteiger partial charge on any atom is -0.352 e. The molecule has 3 rings (SSSR count). The second-order valence-corrected chi connectivity index (χ2v) is 7.75. The molecule has 1 saturated heterocycles. The number of hydrogen-bond acceptors (Lipinski definition) is 3. The van der Waals surface area contributed by atoms with Crippen LogP contribution < -0.4 is 5.32 Å². The zero-order valence-corrected chi connectivity index (χ0v) is 13.9. The van der Waals surface area contributed by atoms with E-state index in [0.29, 0.717) is 12.0 Å². The number of nitrogens with zero attached hydrogens (tertiary/aromatic N) is 2. The molecule has 5 unspecified atom stereocenters. The number of likely N-dealkylation sites (tertiary alicyclic amines) is 1. The summed E-state index contributed by atoms with van der Waals surface area (Å²) in [6.45, 7) is 5.94. The average Bonchev–Trinajstić information content (AvgIpc) is 3.17. The second kappa shape index (κ2) is 6.58. The first-order chi connectivity index (χ1) is 10.6. The molecule has 1 heterocycles. The van der Waals surface area contributed by atoms with Gasteiger partial charge in [-0.15, -0.1) is 0 Å². The normalized spacial score (nSPS) is 35.0. The van der Waals surface area contributed by atoms with E-state index in [1.165, 1.54) is 25.7 Å². The fourth-order valence-electron chi connectivity index (χ4n) is 4.94. The van der Waals surface area contributed by atoms with Gasteiger partial charge in [0.2, 0.25) is 5.91 Å². The van der Waals surface area contributed by atoms with E-state index in [-0.39, 0.29) is 17.9 Å². The van der Waals surface area contributed by atoms with E-state index in [2.05, 4.69) is 23.2 Å². The molecule has 5 atom stereocenters. The number of piperidine rings is 1. The molecule has 2 bridgehead atoms. The van der Waals surface area contributed by atoms with Gasteiger partial charge in [-0.3, -0.25) is 9.69 Å². The summed E-state index contributed by atoms with van der Waals surface area (Å²) in [5.74, 6) is 2.82. The maximum absolute atomic E-state index is 12.5. The van der Waals surface area contributed by atoms with Gasteiger partial charge in [-0.25, -0.2) is 0 Å². The molecular formula is C18H29N3O. The Balaban J connectivity index is 1.48. The van der Waals surface area contributed by atoms with Crippen LogP contribution in [0.25, 0.3) is 0 Å². The van der Waals surface area contributed by atoms with E-state index in [0.717, 1.165) is 37.8 Å². The molecule has 1 N–H and O–H groups in total.